The van der Waals surface area contributed by atoms with E-state index in [1.165, 1.54) is 25.7 Å². The first kappa shape index (κ1) is 19.8. The molecule has 2 N–H and O–H groups in total. The molecule has 1 aromatic rings. The van der Waals surface area contributed by atoms with Gasteiger partial charge >= 0.3 is 0 Å². The molecule has 0 bridgehead atoms. The lowest BCUT2D eigenvalue weighted by Crippen LogP contribution is -2.37. The van der Waals surface area contributed by atoms with Crippen molar-refractivity contribution < 1.29 is 9.26 Å². The van der Waals surface area contributed by atoms with E-state index in [9.17, 15) is 0 Å². The molecule has 0 amide bonds. The van der Waals surface area contributed by atoms with Crippen molar-refractivity contribution >= 4 is 5.96 Å². The maximum Gasteiger partial charge on any atom is 0.191 e. The molecular weight excluding hydrogens is 316 g/mol. The highest BCUT2D eigenvalue weighted by molar-refractivity contribution is 5.79. The van der Waals surface area contributed by atoms with Gasteiger partial charge < -0.3 is 19.9 Å². The molecular formula is C19H34N4O2. The van der Waals surface area contributed by atoms with E-state index >= 15 is 0 Å². The number of aromatic nitrogens is 1. The fourth-order valence-electron chi connectivity index (χ4n) is 3.29. The van der Waals surface area contributed by atoms with Crippen LogP contribution < -0.4 is 10.6 Å². The highest BCUT2D eigenvalue weighted by Gasteiger charge is 2.15. The molecule has 0 spiro atoms. The van der Waals surface area contributed by atoms with E-state index in [0.717, 1.165) is 49.8 Å². The van der Waals surface area contributed by atoms with Crippen molar-refractivity contribution in [1.82, 2.24) is 15.8 Å². The minimum absolute atomic E-state index is 0.481. The second-order valence-electron chi connectivity index (χ2n) is 6.71. The van der Waals surface area contributed by atoms with Gasteiger partial charge in [-0.2, -0.15) is 0 Å². The van der Waals surface area contributed by atoms with Crippen LogP contribution in [0.3, 0.4) is 0 Å². The van der Waals surface area contributed by atoms with Gasteiger partial charge in [0.05, 0.1) is 18.3 Å². The molecule has 6 heteroatoms. The minimum atomic E-state index is 0.481. The Bertz CT molecular complexity index is 505. The van der Waals surface area contributed by atoms with Gasteiger partial charge in [0.25, 0.3) is 0 Å². The van der Waals surface area contributed by atoms with Crippen molar-refractivity contribution in [2.45, 2.75) is 77.4 Å². The Balaban J connectivity index is 1.62. The standard InChI is InChI=1S/C19H34N4O2/c1-4-15(5-2)18-13-17(25-23-18)14-22-19(20-3)21-11-8-12-24-16-9-6-7-10-16/h13,15-16H,4-12,14H2,1-3H3,(H2,20,21,22). The van der Waals surface area contributed by atoms with Crippen LogP contribution in [0, 0.1) is 0 Å². The van der Waals surface area contributed by atoms with Gasteiger partial charge in [0, 0.05) is 32.2 Å². The third kappa shape index (κ3) is 6.69. The van der Waals surface area contributed by atoms with Gasteiger partial charge in [0.1, 0.15) is 0 Å². The SMILES string of the molecule is CCC(CC)c1cc(CNC(=NC)NCCCOC2CCCC2)on1. The molecule has 0 atom stereocenters. The van der Waals surface area contributed by atoms with E-state index in [2.05, 4.69) is 34.6 Å². The average Bonchev–Trinajstić information content (AvgIpc) is 3.30. The number of rotatable bonds is 10. The van der Waals surface area contributed by atoms with Crippen LogP contribution in [-0.2, 0) is 11.3 Å². The summed E-state index contributed by atoms with van der Waals surface area (Å²) in [4.78, 5) is 4.24. The maximum absolute atomic E-state index is 5.87. The van der Waals surface area contributed by atoms with Crippen molar-refractivity contribution in [1.29, 1.82) is 0 Å². The number of hydrogen-bond donors (Lipinski definition) is 2. The summed E-state index contributed by atoms with van der Waals surface area (Å²) >= 11 is 0. The van der Waals surface area contributed by atoms with E-state index in [1.807, 2.05) is 6.07 Å². The number of hydrogen-bond acceptors (Lipinski definition) is 4. The molecule has 25 heavy (non-hydrogen) atoms. The van der Waals surface area contributed by atoms with E-state index in [1.54, 1.807) is 7.05 Å². The lowest BCUT2D eigenvalue weighted by Gasteiger charge is -2.13. The highest BCUT2D eigenvalue weighted by Crippen LogP contribution is 2.22. The van der Waals surface area contributed by atoms with Crippen molar-refractivity contribution in [2.75, 3.05) is 20.2 Å². The topological polar surface area (TPSA) is 71.7 Å². The number of nitrogens with one attached hydrogen (secondary N) is 2. The summed E-state index contributed by atoms with van der Waals surface area (Å²) < 4.78 is 11.3. The van der Waals surface area contributed by atoms with Crippen LogP contribution in [-0.4, -0.2) is 37.4 Å². The molecule has 0 saturated heterocycles. The second-order valence-corrected chi connectivity index (χ2v) is 6.71. The molecule has 2 rings (SSSR count). The first-order valence-corrected chi connectivity index (χ1v) is 9.78. The van der Waals surface area contributed by atoms with Gasteiger partial charge in [-0.1, -0.05) is 31.8 Å². The third-order valence-electron chi connectivity index (χ3n) is 4.90. The minimum Gasteiger partial charge on any atom is -0.378 e. The number of nitrogens with zero attached hydrogens (tertiary/aromatic N) is 2. The predicted molar refractivity (Wildman–Crippen MR) is 101 cm³/mol. The zero-order chi connectivity index (χ0) is 17.9. The van der Waals surface area contributed by atoms with Crippen LogP contribution >= 0.6 is 0 Å². The molecule has 1 heterocycles. The quantitative estimate of drug-likeness (QED) is 0.383. The van der Waals surface area contributed by atoms with Crippen LogP contribution in [0.15, 0.2) is 15.6 Å². The zero-order valence-corrected chi connectivity index (χ0v) is 16.0. The summed E-state index contributed by atoms with van der Waals surface area (Å²) in [6.45, 7) is 6.62. The lowest BCUT2D eigenvalue weighted by atomic mass is 9.99. The summed E-state index contributed by atoms with van der Waals surface area (Å²) in [5, 5.41) is 10.8. The highest BCUT2D eigenvalue weighted by atomic mass is 16.5. The first-order chi connectivity index (χ1) is 12.3. The fraction of sp³-hybridized carbons (Fsp3) is 0.789. The molecule has 1 fully saturated rings. The van der Waals surface area contributed by atoms with Crippen molar-refractivity contribution in [3.8, 4) is 0 Å². The van der Waals surface area contributed by atoms with Crippen LogP contribution in [0.25, 0.3) is 0 Å². The van der Waals surface area contributed by atoms with Gasteiger partial charge in [0.15, 0.2) is 11.7 Å². The van der Waals surface area contributed by atoms with Crippen molar-refractivity contribution in [3.05, 3.63) is 17.5 Å². The van der Waals surface area contributed by atoms with Gasteiger partial charge in [-0.3, -0.25) is 4.99 Å². The van der Waals surface area contributed by atoms with E-state index in [0.29, 0.717) is 18.6 Å². The fourth-order valence-corrected chi connectivity index (χ4v) is 3.29. The van der Waals surface area contributed by atoms with Gasteiger partial charge in [-0.05, 0) is 32.1 Å². The van der Waals surface area contributed by atoms with Crippen molar-refractivity contribution in [3.63, 3.8) is 0 Å². The summed E-state index contributed by atoms with van der Waals surface area (Å²) in [5.41, 5.74) is 1.05. The zero-order valence-electron chi connectivity index (χ0n) is 16.0. The average molecular weight is 351 g/mol. The molecule has 6 nitrogen and oxygen atoms in total. The maximum atomic E-state index is 5.87. The largest absolute Gasteiger partial charge is 0.378 e. The number of ether oxygens (including phenoxy) is 1. The third-order valence-corrected chi connectivity index (χ3v) is 4.90. The van der Waals surface area contributed by atoms with E-state index < -0.39 is 0 Å². The molecule has 1 saturated carbocycles. The number of guanidine groups is 1. The Kier molecular flexibility index (Phi) is 8.80. The van der Waals surface area contributed by atoms with Crippen LogP contribution in [0.2, 0.25) is 0 Å². The Labute approximate surface area is 151 Å². The molecule has 1 aliphatic rings. The van der Waals surface area contributed by atoms with Crippen LogP contribution in [0.5, 0.6) is 0 Å². The normalized spacial score (nSPS) is 15.9. The molecule has 0 aromatic carbocycles. The first-order valence-electron chi connectivity index (χ1n) is 9.78. The summed E-state index contributed by atoms with van der Waals surface area (Å²) in [7, 11) is 1.78. The van der Waals surface area contributed by atoms with Crippen LogP contribution in [0.4, 0.5) is 0 Å². The van der Waals surface area contributed by atoms with Gasteiger partial charge in [-0.25, -0.2) is 0 Å². The molecule has 1 aliphatic carbocycles. The molecule has 0 aliphatic heterocycles. The summed E-state index contributed by atoms with van der Waals surface area (Å²) in [6, 6.07) is 2.05. The number of aliphatic imine (C=N–C) groups is 1. The molecule has 1 aromatic heterocycles. The van der Waals surface area contributed by atoms with Crippen LogP contribution in [0.1, 0.15) is 76.2 Å². The smallest absolute Gasteiger partial charge is 0.191 e. The Morgan fingerprint density at radius 2 is 2.08 bits per heavy atom. The molecule has 142 valence electrons. The van der Waals surface area contributed by atoms with Crippen molar-refractivity contribution in [2.24, 2.45) is 4.99 Å². The van der Waals surface area contributed by atoms with Gasteiger partial charge in [0.2, 0.25) is 0 Å². The monoisotopic (exact) mass is 350 g/mol. The molecule has 0 radical (unpaired) electrons. The Morgan fingerprint density at radius 3 is 2.76 bits per heavy atom. The van der Waals surface area contributed by atoms with E-state index in [4.69, 9.17) is 9.26 Å². The Morgan fingerprint density at radius 1 is 1.32 bits per heavy atom. The summed E-state index contributed by atoms with van der Waals surface area (Å²) in [5.74, 6) is 2.10. The Hall–Kier alpha value is -1.56. The molecule has 0 unspecified atom stereocenters. The van der Waals surface area contributed by atoms with E-state index in [-0.39, 0.29) is 0 Å². The van der Waals surface area contributed by atoms with Gasteiger partial charge in [-0.15, -0.1) is 0 Å². The summed E-state index contributed by atoms with van der Waals surface area (Å²) in [6.07, 6.45) is 8.75. The second kappa shape index (κ2) is 11.1. The lowest BCUT2D eigenvalue weighted by molar-refractivity contribution is 0.0574. The predicted octanol–water partition coefficient (Wildman–Crippen LogP) is 3.59.